The van der Waals surface area contributed by atoms with Crippen LogP contribution in [-0.4, -0.2) is 41.6 Å². The van der Waals surface area contributed by atoms with Crippen LogP contribution in [0.2, 0.25) is 0 Å². The number of nitrogens with one attached hydrogen (secondary N) is 1. The molecule has 1 heterocycles. The summed E-state index contributed by atoms with van der Waals surface area (Å²) in [6.45, 7) is 12.5. The van der Waals surface area contributed by atoms with Gasteiger partial charge in [0.2, 0.25) is 0 Å². The van der Waals surface area contributed by atoms with Crippen molar-refractivity contribution in [2.45, 2.75) is 52.2 Å². The normalized spacial score (nSPS) is 17.8. The second-order valence-corrected chi connectivity index (χ2v) is 7.60. The van der Waals surface area contributed by atoms with Gasteiger partial charge in [0.1, 0.15) is 5.60 Å². The zero-order valence-electron chi connectivity index (χ0n) is 15.6. The fourth-order valence-electron chi connectivity index (χ4n) is 2.76. The second kappa shape index (κ2) is 7.72. The van der Waals surface area contributed by atoms with Gasteiger partial charge in [-0.3, -0.25) is 4.79 Å². The lowest BCUT2D eigenvalue weighted by atomic mass is 10.0. The summed E-state index contributed by atoms with van der Waals surface area (Å²) >= 11 is 0. The van der Waals surface area contributed by atoms with Crippen molar-refractivity contribution in [3.63, 3.8) is 0 Å². The highest BCUT2D eigenvalue weighted by molar-refractivity contribution is 5.94. The van der Waals surface area contributed by atoms with Crippen molar-refractivity contribution in [3.05, 3.63) is 42.0 Å². The van der Waals surface area contributed by atoms with Crippen molar-refractivity contribution in [2.75, 3.05) is 13.1 Å². The van der Waals surface area contributed by atoms with E-state index in [2.05, 4.69) is 11.9 Å². The van der Waals surface area contributed by atoms with E-state index in [0.717, 1.165) is 24.0 Å². The third kappa shape index (κ3) is 5.62. The van der Waals surface area contributed by atoms with E-state index in [9.17, 15) is 9.59 Å². The Hall–Kier alpha value is -2.30. The topological polar surface area (TPSA) is 58.6 Å². The Morgan fingerprint density at radius 3 is 2.36 bits per heavy atom. The van der Waals surface area contributed by atoms with Crippen molar-refractivity contribution in [3.8, 4) is 0 Å². The number of amides is 2. The molecule has 1 fully saturated rings. The van der Waals surface area contributed by atoms with Gasteiger partial charge < -0.3 is 15.0 Å². The average Bonchev–Trinajstić information content (AvgIpc) is 2.53. The molecule has 0 aliphatic carbocycles. The third-order valence-electron chi connectivity index (χ3n) is 4.05. The maximum absolute atomic E-state index is 12.4. The lowest BCUT2D eigenvalue weighted by Gasteiger charge is -2.34. The van der Waals surface area contributed by atoms with Crippen LogP contribution in [0.1, 0.15) is 56.5 Å². The third-order valence-corrected chi connectivity index (χ3v) is 4.05. The number of nitrogens with zero attached hydrogens (tertiary/aromatic N) is 1. The van der Waals surface area contributed by atoms with Crippen molar-refractivity contribution in [1.29, 1.82) is 0 Å². The monoisotopic (exact) mass is 344 g/mol. The first kappa shape index (κ1) is 19.0. The van der Waals surface area contributed by atoms with E-state index in [1.165, 1.54) is 0 Å². The Labute approximate surface area is 150 Å². The molecule has 136 valence electrons. The molecule has 2 rings (SSSR count). The van der Waals surface area contributed by atoms with Crippen molar-refractivity contribution < 1.29 is 14.3 Å². The predicted molar refractivity (Wildman–Crippen MR) is 99.4 cm³/mol. The first-order chi connectivity index (χ1) is 11.7. The fourth-order valence-corrected chi connectivity index (χ4v) is 2.76. The largest absolute Gasteiger partial charge is 0.444 e. The number of ether oxygens (including phenoxy) is 1. The zero-order chi connectivity index (χ0) is 18.6. The molecule has 0 bridgehead atoms. The van der Waals surface area contributed by atoms with Crippen molar-refractivity contribution in [1.82, 2.24) is 10.2 Å². The minimum atomic E-state index is -0.516. The van der Waals surface area contributed by atoms with Crippen LogP contribution in [0.4, 0.5) is 4.79 Å². The van der Waals surface area contributed by atoms with Crippen LogP contribution in [0.15, 0.2) is 30.8 Å². The molecule has 1 aromatic rings. The molecule has 1 aromatic carbocycles. The Kier molecular flexibility index (Phi) is 5.88. The van der Waals surface area contributed by atoms with E-state index < -0.39 is 5.60 Å². The number of rotatable bonds is 3. The number of benzene rings is 1. The maximum Gasteiger partial charge on any atom is 0.410 e. The van der Waals surface area contributed by atoms with Crippen LogP contribution in [0.25, 0.3) is 5.57 Å². The number of carbonyl (C=O) groups excluding carboxylic acids is 2. The van der Waals surface area contributed by atoms with Gasteiger partial charge in [-0.05, 0) is 58.2 Å². The highest BCUT2D eigenvalue weighted by Gasteiger charge is 2.28. The minimum Gasteiger partial charge on any atom is -0.444 e. The fraction of sp³-hybridized carbons (Fsp3) is 0.500. The lowest BCUT2D eigenvalue weighted by Crippen LogP contribution is -2.50. The molecule has 0 spiro atoms. The molecular weight excluding hydrogens is 316 g/mol. The summed E-state index contributed by atoms with van der Waals surface area (Å²) in [5, 5.41) is 3.02. The molecule has 1 unspecified atom stereocenters. The number of likely N-dealkylation sites (tertiary alicyclic amines) is 1. The zero-order valence-corrected chi connectivity index (χ0v) is 15.6. The van der Waals surface area contributed by atoms with Crippen molar-refractivity contribution >= 4 is 17.6 Å². The van der Waals surface area contributed by atoms with Gasteiger partial charge in [0.05, 0.1) is 0 Å². The second-order valence-electron chi connectivity index (χ2n) is 7.60. The van der Waals surface area contributed by atoms with Gasteiger partial charge in [-0.25, -0.2) is 4.79 Å². The van der Waals surface area contributed by atoms with E-state index in [0.29, 0.717) is 18.7 Å². The number of allylic oxidation sites excluding steroid dienone is 1. The van der Waals surface area contributed by atoms with E-state index >= 15 is 0 Å². The smallest absolute Gasteiger partial charge is 0.410 e. The first-order valence-electron chi connectivity index (χ1n) is 8.70. The standard InChI is InChI=1S/C20H28N2O3/c1-14(2)15-8-10-16(11-9-15)18(23)21-17-7-6-12-22(13-17)19(24)25-20(3,4)5/h8-11,17H,1,6-7,12-13H2,2-5H3,(H,21,23). The predicted octanol–water partition coefficient (Wildman–Crippen LogP) is 3.85. The van der Waals surface area contributed by atoms with Gasteiger partial charge in [0.15, 0.2) is 0 Å². The molecule has 1 aliphatic heterocycles. The van der Waals surface area contributed by atoms with E-state index in [1.54, 1.807) is 17.0 Å². The Morgan fingerprint density at radius 1 is 1.20 bits per heavy atom. The van der Waals surface area contributed by atoms with Gasteiger partial charge in [-0.2, -0.15) is 0 Å². The molecule has 2 amide bonds. The van der Waals surface area contributed by atoms with E-state index in [-0.39, 0.29) is 18.0 Å². The summed E-state index contributed by atoms with van der Waals surface area (Å²) in [7, 11) is 0. The van der Waals surface area contributed by atoms with Gasteiger partial charge in [0.25, 0.3) is 5.91 Å². The molecule has 1 aliphatic rings. The molecule has 1 saturated heterocycles. The minimum absolute atomic E-state index is 0.0606. The Morgan fingerprint density at radius 2 is 1.80 bits per heavy atom. The molecule has 5 heteroatoms. The quantitative estimate of drug-likeness (QED) is 0.906. The van der Waals surface area contributed by atoms with Crippen molar-refractivity contribution in [2.24, 2.45) is 0 Å². The van der Waals surface area contributed by atoms with Gasteiger partial charge in [-0.15, -0.1) is 0 Å². The van der Waals surface area contributed by atoms with Crippen LogP contribution in [0, 0.1) is 0 Å². The van der Waals surface area contributed by atoms with Gasteiger partial charge in [0, 0.05) is 24.7 Å². The molecule has 1 N–H and O–H groups in total. The number of hydrogen-bond donors (Lipinski definition) is 1. The maximum atomic E-state index is 12.4. The first-order valence-corrected chi connectivity index (χ1v) is 8.70. The number of piperidine rings is 1. The van der Waals surface area contributed by atoms with Gasteiger partial charge in [-0.1, -0.05) is 24.3 Å². The number of carbonyl (C=O) groups is 2. The summed E-state index contributed by atoms with van der Waals surface area (Å²) in [6.07, 6.45) is 1.38. The Balaban J connectivity index is 1.94. The highest BCUT2D eigenvalue weighted by Crippen LogP contribution is 2.16. The van der Waals surface area contributed by atoms with Crippen LogP contribution >= 0.6 is 0 Å². The van der Waals surface area contributed by atoms with Crippen LogP contribution in [0.5, 0.6) is 0 Å². The van der Waals surface area contributed by atoms with E-state index in [1.807, 2.05) is 39.8 Å². The lowest BCUT2D eigenvalue weighted by molar-refractivity contribution is 0.0185. The number of hydrogen-bond acceptors (Lipinski definition) is 3. The molecule has 0 radical (unpaired) electrons. The Bertz CT molecular complexity index is 644. The molecule has 25 heavy (non-hydrogen) atoms. The van der Waals surface area contributed by atoms with Gasteiger partial charge >= 0.3 is 6.09 Å². The molecular formula is C20H28N2O3. The molecule has 1 atom stereocenters. The summed E-state index contributed by atoms with van der Waals surface area (Å²) in [6, 6.07) is 7.33. The average molecular weight is 344 g/mol. The molecule has 5 nitrogen and oxygen atoms in total. The summed E-state index contributed by atoms with van der Waals surface area (Å²) in [5.41, 5.74) is 2.08. The van der Waals surface area contributed by atoms with Crippen LogP contribution < -0.4 is 5.32 Å². The molecule has 0 saturated carbocycles. The highest BCUT2D eigenvalue weighted by atomic mass is 16.6. The summed E-state index contributed by atoms with van der Waals surface area (Å²) in [5.74, 6) is -0.121. The summed E-state index contributed by atoms with van der Waals surface area (Å²) < 4.78 is 5.42. The molecule has 0 aromatic heterocycles. The van der Waals surface area contributed by atoms with Crippen LogP contribution in [-0.2, 0) is 4.74 Å². The summed E-state index contributed by atoms with van der Waals surface area (Å²) in [4.78, 5) is 26.3. The van der Waals surface area contributed by atoms with E-state index in [4.69, 9.17) is 4.74 Å². The van der Waals surface area contributed by atoms with Crippen LogP contribution in [0.3, 0.4) is 0 Å². The SMILES string of the molecule is C=C(C)c1ccc(C(=O)NC2CCCN(C(=O)OC(C)(C)C)C2)cc1.